The Morgan fingerprint density at radius 3 is 2.78 bits per heavy atom. The molecular formula is C14H15BrN2O. The molecule has 0 aromatic heterocycles. The lowest BCUT2D eigenvalue weighted by atomic mass is 10.2. The Labute approximate surface area is 115 Å². The number of nitrogen functional groups attached to an aromatic ring is 1. The van der Waals surface area contributed by atoms with Crippen molar-refractivity contribution in [1.82, 2.24) is 0 Å². The van der Waals surface area contributed by atoms with E-state index in [1.165, 1.54) is 0 Å². The fraction of sp³-hybridized carbons (Fsp3) is 0.143. The number of nitrogens with one attached hydrogen (secondary N) is 1. The zero-order chi connectivity index (χ0) is 13.0. The second kappa shape index (κ2) is 5.78. The zero-order valence-electron chi connectivity index (χ0n) is 10.1. The van der Waals surface area contributed by atoms with Crippen LogP contribution in [0.5, 0.6) is 5.75 Å². The Kier molecular flexibility index (Phi) is 4.10. The first kappa shape index (κ1) is 12.8. The molecule has 0 atom stereocenters. The molecule has 0 radical (unpaired) electrons. The number of methoxy groups -OCH3 is 1. The number of benzene rings is 2. The van der Waals surface area contributed by atoms with E-state index in [1.54, 1.807) is 7.11 Å². The summed E-state index contributed by atoms with van der Waals surface area (Å²) in [6.45, 7) is 0.679. The van der Waals surface area contributed by atoms with Gasteiger partial charge in [-0.1, -0.05) is 18.2 Å². The number of rotatable bonds is 4. The zero-order valence-corrected chi connectivity index (χ0v) is 11.7. The standard InChI is InChI=1S/C14H15BrN2O/c1-18-12-6-3-5-11(8-12)17-9-10-4-2-7-13(15)14(10)16/h2-8,17H,9,16H2,1H3. The summed E-state index contributed by atoms with van der Waals surface area (Å²) in [6.07, 6.45) is 0. The summed E-state index contributed by atoms with van der Waals surface area (Å²) in [6, 6.07) is 13.7. The van der Waals surface area contributed by atoms with E-state index < -0.39 is 0 Å². The van der Waals surface area contributed by atoms with Gasteiger partial charge in [0.2, 0.25) is 0 Å². The SMILES string of the molecule is COc1cccc(NCc2cccc(Br)c2N)c1. The first-order valence-electron chi connectivity index (χ1n) is 5.61. The lowest BCUT2D eigenvalue weighted by Crippen LogP contribution is -2.03. The summed E-state index contributed by atoms with van der Waals surface area (Å²) < 4.78 is 6.10. The molecule has 0 heterocycles. The lowest BCUT2D eigenvalue weighted by molar-refractivity contribution is 0.415. The van der Waals surface area contributed by atoms with Crippen molar-refractivity contribution in [3.8, 4) is 5.75 Å². The number of ether oxygens (including phenoxy) is 1. The molecule has 0 fully saturated rings. The number of hydrogen-bond donors (Lipinski definition) is 2. The third-order valence-electron chi connectivity index (χ3n) is 2.70. The van der Waals surface area contributed by atoms with E-state index in [-0.39, 0.29) is 0 Å². The summed E-state index contributed by atoms with van der Waals surface area (Å²) in [4.78, 5) is 0. The molecule has 0 spiro atoms. The van der Waals surface area contributed by atoms with Gasteiger partial charge in [-0.05, 0) is 39.7 Å². The first-order valence-corrected chi connectivity index (χ1v) is 6.41. The summed E-state index contributed by atoms with van der Waals surface area (Å²) in [5.41, 5.74) is 8.83. The summed E-state index contributed by atoms with van der Waals surface area (Å²) >= 11 is 3.42. The molecule has 2 aromatic rings. The van der Waals surface area contributed by atoms with E-state index in [9.17, 15) is 0 Å². The van der Waals surface area contributed by atoms with E-state index >= 15 is 0 Å². The van der Waals surface area contributed by atoms with Crippen LogP contribution < -0.4 is 15.8 Å². The molecule has 2 aromatic carbocycles. The minimum Gasteiger partial charge on any atom is -0.497 e. The Balaban J connectivity index is 2.09. The Morgan fingerprint density at radius 2 is 2.00 bits per heavy atom. The first-order chi connectivity index (χ1) is 8.70. The summed E-state index contributed by atoms with van der Waals surface area (Å²) in [5.74, 6) is 0.835. The van der Waals surface area contributed by atoms with Gasteiger partial charge in [-0.3, -0.25) is 0 Å². The number of nitrogens with two attached hydrogens (primary N) is 1. The van der Waals surface area contributed by atoms with Gasteiger partial charge in [0.05, 0.1) is 12.8 Å². The highest BCUT2D eigenvalue weighted by molar-refractivity contribution is 9.10. The third-order valence-corrected chi connectivity index (χ3v) is 3.39. The Morgan fingerprint density at radius 1 is 1.22 bits per heavy atom. The minimum atomic E-state index is 0.679. The largest absolute Gasteiger partial charge is 0.497 e. The van der Waals surface area contributed by atoms with Gasteiger partial charge in [-0.15, -0.1) is 0 Å². The molecule has 3 nitrogen and oxygen atoms in total. The van der Waals surface area contributed by atoms with Gasteiger partial charge in [-0.25, -0.2) is 0 Å². The minimum absolute atomic E-state index is 0.679. The van der Waals surface area contributed by atoms with Crippen LogP contribution in [0.2, 0.25) is 0 Å². The Bertz CT molecular complexity index is 543. The molecule has 0 unspecified atom stereocenters. The molecule has 0 aliphatic carbocycles. The van der Waals surface area contributed by atoms with Crippen LogP contribution in [-0.2, 0) is 6.54 Å². The molecular weight excluding hydrogens is 292 g/mol. The van der Waals surface area contributed by atoms with Crippen LogP contribution >= 0.6 is 15.9 Å². The molecule has 3 N–H and O–H groups in total. The molecule has 0 aliphatic heterocycles. The highest BCUT2D eigenvalue weighted by Gasteiger charge is 2.02. The van der Waals surface area contributed by atoms with Crippen LogP contribution in [-0.4, -0.2) is 7.11 Å². The molecule has 94 valence electrons. The van der Waals surface area contributed by atoms with Crippen molar-refractivity contribution in [2.24, 2.45) is 0 Å². The van der Waals surface area contributed by atoms with E-state index in [2.05, 4.69) is 21.2 Å². The lowest BCUT2D eigenvalue weighted by Gasteiger charge is -2.10. The van der Waals surface area contributed by atoms with Gasteiger partial charge in [0.1, 0.15) is 5.75 Å². The van der Waals surface area contributed by atoms with Crippen molar-refractivity contribution in [2.75, 3.05) is 18.2 Å². The third kappa shape index (κ3) is 2.96. The Hall–Kier alpha value is -1.68. The van der Waals surface area contributed by atoms with Crippen LogP contribution in [0.4, 0.5) is 11.4 Å². The van der Waals surface area contributed by atoms with Crippen LogP contribution in [0, 0.1) is 0 Å². The fourth-order valence-electron chi connectivity index (χ4n) is 1.67. The van der Waals surface area contributed by atoms with Gasteiger partial charge >= 0.3 is 0 Å². The number of anilines is 2. The quantitative estimate of drug-likeness (QED) is 0.848. The molecule has 18 heavy (non-hydrogen) atoms. The number of halogens is 1. The molecule has 0 amide bonds. The van der Waals surface area contributed by atoms with E-state index in [0.717, 1.165) is 27.2 Å². The van der Waals surface area contributed by atoms with Gasteiger partial charge < -0.3 is 15.8 Å². The maximum absolute atomic E-state index is 5.99. The predicted octanol–water partition coefficient (Wildman–Crippen LogP) is 3.65. The number of hydrogen-bond acceptors (Lipinski definition) is 3. The summed E-state index contributed by atoms with van der Waals surface area (Å²) in [7, 11) is 1.66. The highest BCUT2D eigenvalue weighted by atomic mass is 79.9. The molecule has 0 bridgehead atoms. The molecule has 0 saturated heterocycles. The molecule has 2 rings (SSSR count). The second-order valence-electron chi connectivity index (χ2n) is 3.90. The van der Waals surface area contributed by atoms with Gasteiger partial charge in [0.25, 0.3) is 0 Å². The van der Waals surface area contributed by atoms with E-state index in [4.69, 9.17) is 10.5 Å². The van der Waals surface area contributed by atoms with Gasteiger partial charge in [0.15, 0.2) is 0 Å². The van der Waals surface area contributed by atoms with Gasteiger partial charge in [-0.2, -0.15) is 0 Å². The topological polar surface area (TPSA) is 47.3 Å². The van der Waals surface area contributed by atoms with E-state index in [1.807, 2.05) is 42.5 Å². The predicted molar refractivity (Wildman–Crippen MR) is 78.9 cm³/mol. The average Bonchev–Trinajstić information content (AvgIpc) is 2.41. The van der Waals surface area contributed by atoms with Gasteiger partial charge in [0, 0.05) is 22.8 Å². The molecule has 4 heteroatoms. The van der Waals surface area contributed by atoms with Crippen molar-refractivity contribution >= 4 is 27.3 Å². The second-order valence-corrected chi connectivity index (χ2v) is 4.75. The molecule has 0 saturated carbocycles. The highest BCUT2D eigenvalue weighted by Crippen LogP contribution is 2.24. The van der Waals surface area contributed by atoms with Crippen LogP contribution in [0.1, 0.15) is 5.56 Å². The van der Waals surface area contributed by atoms with Crippen molar-refractivity contribution in [3.05, 3.63) is 52.5 Å². The van der Waals surface area contributed by atoms with Crippen molar-refractivity contribution < 1.29 is 4.74 Å². The maximum Gasteiger partial charge on any atom is 0.120 e. The maximum atomic E-state index is 5.99. The smallest absolute Gasteiger partial charge is 0.120 e. The summed E-state index contributed by atoms with van der Waals surface area (Å²) in [5, 5.41) is 3.32. The molecule has 0 aliphatic rings. The normalized spacial score (nSPS) is 10.1. The monoisotopic (exact) mass is 306 g/mol. The van der Waals surface area contributed by atoms with E-state index in [0.29, 0.717) is 6.54 Å². The fourth-order valence-corrected chi connectivity index (χ4v) is 2.07. The van der Waals surface area contributed by atoms with Crippen LogP contribution in [0.15, 0.2) is 46.9 Å². The van der Waals surface area contributed by atoms with Crippen molar-refractivity contribution in [3.63, 3.8) is 0 Å². The van der Waals surface area contributed by atoms with Crippen LogP contribution in [0.25, 0.3) is 0 Å². The van der Waals surface area contributed by atoms with Crippen LogP contribution in [0.3, 0.4) is 0 Å². The number of para-hydroxylation sites is 1. The van der Waals surface area contributed by atoms with Crippen molar-refractivity contribution in [1.29, 1.82) is 0 Å². The van der Waals surface area contributed by atoms with Crippen molar-refractivity contribution in [2.45, 2.75) is 6.54 Å². The average molecular weight is 307 g/mol.